The fourth-order valence-electron chi connectivity index (χ4n) is 0.817. The van der Waals surface area contributed by atoms with Gasteiger partial charge in [-0.2, -0.15) is 0 Å². The van der Waals surface area contributed by atoms with Crippen LogP contribution in [0.4, 0.5) is 4.79 Å². The molecule has 10 heavy (non-hydrogen) atoms. The van der Waals surface area contributed by atoms with Gasteiger partial charge in [-0.1, -0.05) is 0 Å². The van der Waals surface area contributed by atoms with Gasteiger partial charge in [-0.25, -0.2) is 4.79 Å². The summed E-state index contributed by atoms with van der Waals surface area (Å²) in [4.78, 5) is 10.5. The summed E-state index contributed by atoms with van der Waals surface area (Å²) in [7, 11) is 1.61. The molecule has 0 spiro atoms. The Kier molecular flexibility index (Phi) is 2.11. The Labute approximate surface area is 59.5 Å². The van der Waals surface area contributed by atoms with Crippen LogP contribution in [-0.4, -0.2) is 32.0 Å². The number of methoxy groups -OCH3 is 1. The van der Waals surface area contributed by atoms with E-state index in [1.54, 1.807) is 7.11 Å². The molecule has 1 fully saturated rings. The lowest BCUT2D eigenvalue weighted by atomic mass is 10.2. The molecule has 0 aliphatic carbocycles. The van der Waals surface area contributed by atoms with Gasteiger partial charge >= 0.3 is 6.09 Å². The van der Waals surface area contributed by atoms with E-state index >= 15 is 0 Å². The van der Waals surface area contributed by atoms with Crippen LogP contribution >= 0.6 is 0 Å². The van der Waals surface area contributed by atoms with Crippen LogP contribution in [0.5, 0.6) is 0 Å². The van der Waals surface area contributed by atoms with Gasteiger partial charge in [0, 0.05) is 7.11 Å². The summed E-state index contributed by atoms with van der Waals surface area (Å²) in [5.41, 5.74) is 0. The smallest absolute Gasteiger partial charge is 0.407 e. The minimum Gasteiger partial charge on any atom is -0.447 e. The van der Waals surface area contributed by atoms with Crippen molar-refractivity contribution in [1.82, 2.24) is 5.32 Å². The van der Waals surface area contributed by atoms with Gasteiger partial charge < -0.3 is 14.8 Å². The number of alkyl carbamates (subject to hydrolysis) is 1. The van der Waals surface area contributed by atoms with Gasteiger partial charge in [0.25, 0.3) is 0 Å². The second-order valence-electron chi connectivity index (χ2n) is 2.29. The highest BCUT2D eigenvalue weighted by Crippen LogP contribution is 2.04. The Hall–Kier alpha value is -0.770. The molecule has 4 nitrogen and oxygen atoms in total. The molecule has 0 aromatic heterocycles. The third-order valence-electron chi connectivity index (χ3n) is 1.64. The van der Waals surface area contributed by atoms with Gasteiger partial charge in [0.15, 0.2) is 0 Å². The summed E-state index contributed by atoms with van der Waals surface area (Å²) in [6.45, 7) is 2.30. The lowest BCUT2D eigenvalue weighted by Crippen LogP contribution is -2.37. The third-order valence-corrected chi connectivity index (χ3v) is 1.64. The van der Waals surface area contributed by atoms with Gasteiger partial charge in [-0.3, -0.25) is 0 Å². The van der Waals surface area contributed by atoms with E-state index in [1.807, 2.05) is 6.92 Å². The predicted molar refractivity (Wildman–Crippen MR) is 34.7 cm³/mol. The van der Waals surface area contributed by atoms with Crippen LogP contribution in [0.15, 0.2) is 0 Å². The van der Waals surface area contributed by atoms with Crippen LogP contribution in [0.25, 0.3) is 0 Å². The monoisotopic (exact) mass is 145 g/mol. The van der Waals surface area contributed by atoms with Gasteiger partial charge in [-0.05, 0) is 6.92 Å². The third kappa shape index (κ3) is 1.39. The summed E-state index contributed by atoms with van der Waals surface area (Å²) in [5.74, 6) is 0. The van der Waals surface area contributed by atoms with E-state index in [0.717, 1.165) is 0 Å². The molecule has 0 radical (unpaired) electrons. The van der Waals surface area contributed by atoms with E-state index < -0.39 is 0 Å². The van der Waals surface area contributed by atoms with E-state index in [0.29, 0.717) is 6.61 Å². The standard InChI is InChI=1S/C6H11NO3/c1-4(9-2)5-3-10-6(8)7-5/h4-5H,3H2,1-2H3,(H,7,8)/t4-,5?/m1/s1. The van der Waals surface area contributed by atoms with E-state index in [-0.39, 0.29) is 18.2 Å². The fourth-order valence-corrected chi connectivity index (χ4v) is 0.817. The molecule has 2 atom stereocenters. The molecule has 1 saturated heterocycles. The maximum atomic E-state index is 10.5. The Bertz CT molecular complexity index is 137. The number of hydrogen-bond acceptors (Lipinski definition) is 3. The number of carbonyl (C=O) groups is 1. The fraction of sp³-hybridized carbons (Fsp3) is 0.833. The average Bonchev–Trinajstić information content (AvgIpc) is 2.34. The summed E-state index contributed by atoms with van der Waals surface area (Å²) < 4.78 is 9.65. The van der Waals surface area contributed by atoms with Crippen LogP contribution in [0.3, 0.4) is 0 Å². The number of carbonyl (C=O) groups excluding carboxylic acids is 1. The Morgan fingerprint density at radius 3 is 3.00 bits per heavy atom. The highest BCUT2D eigenvalue weighted by molar-refractivity contribution is 5.69. The molecule has 1 heterocycles. The molecule has 1 unspecified atom stereocenters. The second kappa shape index (κ2) is 2.88. The lowest BCUT2D eigenvalue weighted by molar-refractivity contribution is 0.0839. The first-order chi connectivity index (χ1) is 4.74. The van der Waals surface area contributed by atoms with Crippen LogP contribution in [0.2, 0.25) is 0 Å². The van der Waals surface area contributed by atoms with Crippen molar-refractivity contribution in [2.45, 2.75) is 19.1 Å². The average molecular weight is 145 g/mol. The molecule has 0 bridgehead atoms. The zero-order valence-corrected chi connectivity index (χ0v) is 6.09. The molecule has 1 aliphatic heterocycles. The number of amides is 1. The predicted octanol–water partition coefficient (Wildman–Crippen LogP) is 0.130. The number of hydrogen-bond donors (Lipinski definition) is 1. The maximum absolute atomic E-state index is 10.5. The highest BCUT2D eigenvalue weighted by atomic mass is 16.6. The molecule has 0 aromatic rings. The summed E-state index contributed by atoms with van der Waals surface area (Å²) >= 11 is 0. The molecule has 1 N–H and O–H groups in total. The van der Waals surface area contributed by atoms with E-state index in [4.69, 9.17) is 4.74 Å². The van der Waals surface area contributed by atoms with Crippen LogP contribution in [0.1, 0.15) is 6.92 Å². The number of ether oxygens (including phenoxy) is 2. The molecule has 1 amide bonds. The van der Waals surface area contributed by atoms with Crippen molar-refractivity contribution in [2.24, 2.45) is 0 Å². The van der Waals surface area contributed by atoms with Crippen molar-refractivity contribution in [1.29, 1.82) is 0 Å². The molecule has 1 aliphatic rings. The van der Waals surface area contributed by atoms with Gasteiger partial charge in [0.05, 0.1) is 12.1 Å². The molecular weight excluding hydrogens is 134 g/mol. The van der Waals surface area contributed by atoms with Crippen LogP contribution < -0.4 is 5.32 Å². The summed E-state index contributed by atoms with van der Waals surface area (Å²) in [6, 6.07) is 0.0116. The van der Waals surface area contributed by atoms with Gasteiger partial charge in [0.2, 0.25) is 0 Å². The van der Waals surface area contributed by atoms with Crippen molar-refractivity contribution in [3.05, 3.63) is 0 Å². The zero-order chi connectivity index (χ0) is 7.56. The van der Waals surface area contributed by atoms with Gasteiger partial charge in [0.1, 0.15) is 6.61 Å². The first kappa shape index (κ1) is 7.34. The summed E-state index contributed by atoms with van der Waals surface area (Å²) in [6.07, 6.45) is -0.333. The van der Waals surface area contributed by atoms with Crippen molar-refractivity contribution in [2.75, 3.05) is 13.7 Å². The Morgan fingerprint density at radius 2 is 2.60 bits per heavy atom. The SMILES string of the molecule is CO[C@H](C)C1COC(=O)N1. The topological polar surface area (TPSA) is 47.6 Å². The molecule has 4 heteroatoms. The van der Waals surface area contributed by atoms with E-state index in [1.165, 1.54) is 0 Å². The number of nitrogens with one attached hydrogen (secondary N) is 1. The highest BCUT2D eigenvalue weighted by Gasteiger charge is 2.26. The minimum atomic E-state index is -0.353. The lowest BCUT2D eigenvalue weighted by Gasteiger charge is -2.13. The van der Waals surface area contributed by atoms with Crippen LogP contribution in [0, 0.1) is 0 Å². The van der Waals surface area contributed by atoms with Gasteiger partial charge in [-0.15, -0.1) is 0 Å². The molecular formula is C6H11NO3. The maximum Gasteiger partial charge on any atom is 0.407 e. The van der Waals surface area contributed by atoms with E-state index in [2.05, 4.69) is 10.1 Å². The quantitative estimate of drug-likeness (QED) is 0.600. The van der Waals surface area contributed by atoms with E-state index in [9.17, 15) is 4.79 Å². The molecule has 0 aromatic carbocycles. The summed E-state index contributed by atoms with van der Waals surface area (Å²) in [5, 5.41) is 2.62. The first-order valence-electron chi connectivity index (χ1n) is 3.20. The second-order valence-corrected chi connectivity index (χ2v) is 2.29. The van der Waals surface area contributed by atoms with Crippen LogP contribution in [-0.2, 0) is 9.47 Å². The first-order valence-corrected chi connectivity index (χ1v) is 3.20. The number of cyclic esters (lactones) is 1. The van der Waals surface area contributed by atoms with Crippen molar-refractivity contribution >= 4 is 6.09 Å². The molecule has 0 saturated carbocycles. The number of rotatable bonds is 2. The van der Waals surface area contributed by atoms with Crippen molar-refractivity contribution in [3.63, 3.8) is 0 Å². The van der Waals surface area contributed by atoms with Crippen molar-refractivity contribution in [3.8, 4) is 0 Å². The zero-order valence-electron chi connectivity index (χ0n) is 6.09. The molecule has 1 rings (SSSR count). The largest absolute Gasteiger partial charge is 0.447 e. The minimum absolute atomic E-state index is 0.0116. The van der Waals surface area contributed by atoms with Crippen molar-refractivity contribution < 1.29 is 14.3 Å². The normalized spacial score (nSPS) is 27.4. The Balaban J connectivity index is 2.36. The molecule has 58 valence electrons. The Morgan fingerprint density at radius 1 is 1.90 bits per heavy atom.